The molecule has 30 heavy (non-hydrogen) atoms. The lowest BCUT2D eigenvalue weighted by Crippen LogP contribution is -2.41. The van der Waals surface area contributed by atoms with Gasteiger partial charge in [-0.1, -0.05) is 6.07 Å². The zero-order valence-electron chi connectivity index (χ0n) is 15.3. The number of carbonyl (C=O) groups excluding carboxylic acids is 1. The first-order valence-electron chi connectivity index (χ1n) is 8.28. The van der Waals surface area contributed by atoms with Crippen molar-refractivity contribution in [3.8, 4) is 23.2 Å². The molecule has 3 heterocycles. The molecule has 3 aromatic rings. The molecular formula is C18H13F3N4O5. The van der Waals surface area contributed by atoms with Gasteiger partial charge in [0.25, 0.3) is 5.56 Å². The van der Waals surface area contributed by atoms with E-state index in [0.717, 1.165) is 7.05 Å². The van der Waals surface area contributed by atoms with E-state index in [2.05, 4.69) is 9.97 Å². The van der Waals surface area contributed by atoms with Crippen LogP contribution in [0.2, 0.25) is 0 Å². The normalized spacial score (nSPS) is 11.2. The SMILES string of the molecule is Cn1c(C(F)(F)F)cc(=O)n(-c2cccc(Oc3cnccc3OCC=O)n2)c1=O. The fraction of sp³-hybridized carbons (Fsp3) is 0.167. The molecule has 0 aromatic carbocycles. The second-order valence-corrected chi connectivity index (χ2v) is 5.78. The lowest BCUT2D eigenvalue weighted by atomic mass is 10.3. The number of ether oxygens (including phenoxy) is 2. The Morgan fingerprint density at radius 3 is 2.63 bits per heavy atom. The predicted molar refractivity (Wildman–Crippen MR) is 95.9 cm³/mol. The summed E-state index contributed by atoms with van der Waals surface area (Å²) in [4.78, 5) is 43.0. The van der Waals surface area contributed by atoms with Gasteiger partial charge in [0, 0.05) is 31.4 Å². The molecular weight excluding hydrogens is 409 g/mol. The molecule has 156 valence electrons. The van der Waals surface area contributed by atoms with Gasteiger partial charge >= 0.3 is 11.9 Å². The molecule has 0 aliphatic carbocycles. The van der Waals surface area contributed by atoms with Crippen molar-refractivity contribution < 1.29 is 27.4 Å². The molecule has 0 aliphatic heterocycles. The summed E-state index contributed by atoms with van der Waals surface area (Å²) in [6, 6.07) is 5.79. The second kappa shape index (κ2) is 8.19. The van der Waals surface area contributed by atoms with Crippen molar-refractivity contribution in [2.75, 3.05) is 6.61 Å². The highest BCUT2D eigenvalue weighted by molar-refractivity contribution is 5.52. The highest BCUT2D eigenvalue weighted by Gasteiger charge is 2.35. The van der Waals surface area contributed by atoms with Gasteiger partial charge in [-0.2, -0.15) is 18.2 Å². The molecule has 0 unspecified atom stereocenters. The number of hydrogen-bond donors (Lipinski definition) is 0. The van der Waals surface area contributed by atoms with Gasteiger partial charge in [-0.3, -0.25) is 19.1 Å². The summed E-state index contributed by atoms with van der Waals surface area (Å²) in [7, 11) is 0.897. The molecule has 9 nitrogen and oxygen atoms in total. The Kier molecular flexibility index (Phi) is 5.67. The Morgan fingerprint density at radius 1 is 1.17 bits per heavy atom. The summed E-state index contributed by atoms with van der Waals surface area (Å²) in [5.74, 6) is -0.0556. The number of halogens is 3. The van der Waals surface area contributed by atoms with Gasteiger partial charge in [-0.05, 0) is 6.07 Å². The van der Waals surface area contributed by atoms with Crippen molar-refractivity contribution in [1.29, 1.82) is 0 Å². The average molecular weight is 422 g/mol. The third kappa shape index (κ3) is 4.21. The molecule has 0 radical (unpaired) electrons. The Labute approximate surface area is 166 Å². The van der Waals surface area contributed by atoms with Crippen molar-refractivity contribution in [2.45, 2.75) is 6.18 Å². The van der Waals surface area contributed by atoms with Crippen molar-refractivity contribution in [3.05, 3.63) is 69.3 Å². The highest BCUT2D eigenvalue weighted by atomic mass is 19.4. The Morgan fingerprint density at radius 2 is 1.93 bits per heavy atom. The minimum Gasteiger partial charge on any atom is -0.482 e. The molecule has 0 atom stereocenters. The van der Waals surface area contributed by atoms with E-state index in [4.69, 9.17) is 9.47 Å². The quantitative estimate of drug-likeness (QED) is 0.557. The summed E-state index contributed by atoms with van der Waals surface area (Å²) in [5.41, 5.74) is -3.81. The molecule has 0 aliphatic rings. The van der Waals surface area contributed by atoms with Crippen LogP contribution in [0.5, 0.6) is 17.4 Å². The maximum atomic E-state index is 13.0. The van der Waals surface area contributed by atoms with Crippen LogP contribution < -0.4 is 20.7 Å². The van der Waals surface area contributed by atoms with E-state index >= 15 is 0 Å². The summed E-state index contributed by atoms with van der Waals surface area (Å²) in [5, 5.41) is 0. The van der Waals surface area contributed by atoms with Gasteiger partial charge in [0.05, 0.1) is 6.20 Å². The Bertz CT molecular complexity index is 1200. The third-order valence-corrected chi connectivity index (χ3v) is 3.82. The van der Waals surface area contributed by atoms with Crippen LogP contribution in [-0.4, -0.2) is 32.0 Å². The van der Waals surface area contributed by atoms with Crippen LogP contribution in [-0.2, 0) is 18.0 Å². The van der Waals surface area contributed by atoms with Gasteiger partial charge < -0.3 is 9.47 Å². The summed E-state index contributed by atoms with van der Waals surface area (Å²) >= 11 is 0. The van der Waals surface area contributed by atoms with Crippen LogP contribution in [0, 0.1) is 0 Å². The van der Waals surface area contributed by atoms with Gasteiger partial charge in [-0.15, -0.1) is 0 Å². The smallest absolute Gasteiger partial charge is 0.431 e. The van der Waals surface area contributed by atoms with Crippen molar-refractivity contribution >= 4 is 6.29 Å². The summed E-state index contributed by atoms with van der Waals surface area (Å²) < 4.78 is 50.5. The zero-order valence-corrected chi connectivity index (χ0v) is 15.3. The number of aromatic nitrogens is 4. The van der Waals surface area contributed by atoms with Crippen LogP contribution in [0.15, 0.2) is 52.3 Å². The van der Waals surface area contributed by atoms with Gasteiger partial charge in [0.2, 0.25) is 5.88 Å². The maximum Gasteiger partial charge on any atom is 0.431 e. The Hall–Kier alpha value is -3.96. The predicted octanol–water partition coefficient (Wildman–Crippen LogP) is 1.71. The second-order valence-electron chi connectivity index (χ2n) is 5.78. The first-order valence-corrected chi connectivity index (χ1v) is 8.28. The fourth-order valence-corrected chi connectivity index (χ4v) is 2.49. The minimum atomic E-state index is -4.87. The van der Waals surface area contributed by atoms with Crippen LogP contribution in [0.25, 0.3) is 5.82 Å². The number of carbonyl (C=O) groups is 1. The molecule has 0 spiro atoms. The van der Waals surface area contributed by atoms with Crippen LogP contribution in [0.4, 0.5) is 13.2 Å². The molecule has 0 saturated carbocycles. The molecule has 12 heteroatoms. The molecule has 3 rings (SSSR count). The number of hydrogen-bond acceptors (Lipinski definition) is 7. The minimum absolute atomic E-state index is 0.0923. The van der Waals surface area contributed by atoms with E-state index in [1.807, 2.05) is 0 Å². The van der Waals surface area contributed by atoms with Crippen molar-refractivity contribution in [3.63, 3.8) is 0 Å². The maximum absolute atomic E-state index is 13.0. The van der Waals surface area contributed by atoms with Crippen LogP contribution >= 0.6 is 0 Å². The lowest BCUT2D eigenvalue weighted by molar-refractivity contribution is -0.144. The fourth-order valence-electron chi connectivity index (χ4n) is 2.49. The van der Waals surface area contributed by atoms with Crippen LogP contribution in [0.1, 0.15) is 5.69 Å². The van der Waals surface area contributed by atoms with E-state index in [1.54, 1.807) is 0 Å². The number of pyridine rings is 2. The van der Waals surface area contributed by atoms with E-state index in [1.165, 1.54) is 36.7 Å². The van der Waals surface area contributed by atoms with E-state index in [0.29, 0.717) is 21.5 Å². The molecule has 0 fully saturated rings. The number of aldehydes is 1. The van der Waals surface area contributed by atoms with Gasteiger partial charge in [0.1, 0.15) is 18.1 Å². The van der Waals surface area contributed by atoms with Crippen molar-refractivity contribution in [1.82, 2.24) is 19.1 Å². The van der Waals surface area contributed by atoms with Crippen LogP contribution in [0.3, 0.4) is 0 Å². The molecule has 0 amide bonds. The summed E-state index contributed by atoms with van der Waals surface area (Å²) in [6.07, 6.45) is -1.64. The topological polar surface area (TPSA) is 105 Å². The molecule has 0 N–H and O–H groups in total. The first kappa shape index (κ1) is 20.8. The Balaban J connectivity index is 2.02. The summed E-state index contributed by atoms with van der Waals surface area (Å²) in [6.45, 7) is -0.231. The monoisotopic (exact) mass is 422 g/mol. The van der Waals surface area contributed by atoms with Gasteiger partial charge in [-0.25, -0.2) is 9.36 Å². The average Bonchev–Trinajstić information content (AvgIpc) is 2.70. The molecule has 0 bridgehead atoms. The third-order valence-electron chi connectivity index (χ3n) is 3.82. The largest absolute Gasteiger partial charge is 0.482 e. The van der Waals surface area contributed by atoms with Crippen molar-refractivity contribution in [2.24, 2.45) is 7.05 Å². The zero-order chi connectivity index (χ0) is 21.9. The molecule has 3 aromatic heterocycles. The van der Waals surface area contributed by atoms with Gasteiger partial charge in [0.15, 0.2) is 17.8 Å². The van der Waals surface area contributed by atoms with E-state index < -0.39 is 23.1 Å². The highest BCUT2D eigenvalue weighted by Crippen LogP contribution is 2.30. The molecule has 0 saturated heterocycles. The number of alkyl halides is 3. The standard InChI is InChI=1S/C18H13F3N4O5/c1-24-13(18(19,20)21)9-16(27)25(17(24)28)14-3-2-4-15(23-14)30-12-10-22-6-5-11(12)29-8-7-26/h2-7,9-10H,8H2,1H3. The lowest BCUT2D eigenvalue weighted by Gasteiger charge is -2.14. The number of nitrogens with zero attached hydrogens (tertiary/aromatic N) is 4. The first-order chi connectivity index (χ1) is 14.2. The number of rotatable bonds is 6. The van der Waals surface area contributed by atoms with E-state index in [-0.39, 0.29) is 29.8 Å². The van der Waals surface area contributed by atoms with E-state index in [9.17, 15) is 27.6 Å².